The zero-order valence-electron chi connectivity index (χ0n) is 22.6. The van der Waals surface area contributed by atoms with Gasteiger partial charge in [0.15, 0.2) is 5.82 Å². The highest BCUT2D eigenvalue weighted by Crippen LogP contribution is 2.39. The largest absolute Gasteiger partial charge is 0.345 e. The first-order valence-corrected chi connectivity index (χ1v) is 13.8. The first-order chi connectivity index (χ1) is 18.7. The maximum absolute atomic E-state index is 6.34. The molecule has 5 nitrogen and oxygen atoms in total. The zero-order chi connectivity index (χ0) is 26.2. The molecular weight excluding hydrogens is 470 g/mol. The van der Waals surface area contributed by atoms with Crippen molar-refractivity contribution in [3.05, 3.63) is 102 Å². The Balaban J connectivity index is 1.19. The standard InChI is InChI=1S/C33H39N3O2/c1-3-33(21-13-14-22-36(2)23-26-15-7-4-8-16-26)24-37-32(38-25-33)31-34-29(27-17-9-5-10-18-27)30(35-31)28-19-11-6-12-20-28/h4-12,15-20,32H,3,13-14,21-25H2,1-2H3,(H,34,35). The fourth-order valence-electron chi connectivity index (χ4n) is 5.26. The molecule has 5 heteroatoms. The molecule has 0 radical (unpaired) electrons. The molecule has 2 heterocycles. The lowest BCUT2D eigenvalue weighted by Crippen LogP contribution is -2.38. The summed E-state index contributed by atoms with van der Waals surface area (Å²) in [7, 11) is 2.21. The minimum absolute atomic E-state index is 0.0611. The van der Waals surface area contributed by atoms with Gasteiger partial charge in [0.25, 0.3) is 0 Å². The van der Waals surface area contributed by atoms with Crippen molar-refractivity contribution in [3.8, 4) is 22.5 Å². The van der Waals surface area contributed by atoms with Crippen LogP contribution in [-0.2, 0) is 16.0 Å². The van der Waals surface area contributed by atoms with E-state index in [-0.39, 0.29) is 5.41 Å². The van der Waals surface area contributed by atoms with E-state index in [1.165, 1.54) is 18.4 Å². The van der Waals surface area contributed by atoms with Crippen LogP contribution in [0.5, 0.6) is 0 Å². The van der Waals surface area contributed by atoms with Gasteiger partial charge in [0.2, 0.25) is 6.29 Å². The molecule has 5 rings (SSSR count). The Kier molecular flexibility index (Phi) is 8.69. The third kappa shape index (κ3) is 6.41. The second kappa shape index (κ2) is 12.5. The van der Waals surface area contributed by atoms with Crippen molar-refractivity contribution in [2.45, 2.75) is 45.4 Å². The molecule has 1 aliphatic rings. The minimum Gasteiger partial charge on any atom is -0.345 e. The number of hydrogen-bond donors (Lipinski definition) is 1. The van der Waals surface area contributed by atoms with Gasteiger partial charge in [-0.1, -0.05) is 104 Å². The van der Waals surface area contributed by atoms with Crippen molar-refractivity contribution in [2.24, 2.45) is 5.41 Å². The lowest BCUT2D eigenvalue weighted by Gasteiger charge is -2.39. The molecule has 0 spiro atoms. The van der Waals surface area contributed by atoms with Crippen LogP contribution in [0.1, 0.15) is 50.3 Å². The van der Waals surface area contributed by atoms with Crippen molar-refractivity contribution in [3.63, 3.8) is 0 Å². The molecule has 1 aromatic heterocycles. The van der Waals surface area contributed by atoms with Crippen molar-refractivity contribution in [1.29, 1.82) is 0 Å². The topological polar surface area (TPSA) is 50.4 Å². The fraction of sp³-hybridized carbons (Fsp3) is 0.364. The third-order valence-electron chi connectivity index (χ3n) is 7.68. The first-order valence-electron chi connectivity index (χ1n) is 13.8. The number of imidazole rings is 1. The number of aromatic nitrogens is 2. The Morgan fingerprint density at radius 2 is 1.45 bits per heavy atom. The van der Waals surface area contributed by atoms with E-state index >= 15 is 0 Å². The number of hydrogen-bond acceptors (Lipinski definition) is 4. The summed E-state index contributed by atoms with van der Waals surface area (Å²) < 4.78 is 12.7. The second-order valence-corrected chi connectivity index (χ2v) is 10.6. The van der Waals surface area contributed by atoms with E-state index in [1.54, 1.807) is 0 Å². The Labute approximate surface area is 226 Å². The Morgan fingerprint density at radius 3 is 2.08 bits per heavy atom. The van der Waals surface area contributed by atoms with Gasteiger partial charge in [0, 0.05) is 23.1 Å². The summed E-state index contributed by atoms with van der Waals surface area (Å²) >= 11 is 0. The normalized spacial score (nSPS) is 19.6. The molecule has 0 atom stereocenters. The van der Waals surface area contributed by atoms with Crippen LogP contribution in [0.4, 0.5) is 0 Å². The van der Waals surface area contributed by atoms with E-state index in [1.807, 2.05) is 36.4 Å². The number of ether oxygens (including phenoxy) is 2. The molecule has 1 aliphatic heterocycles. The molecule has 198 valence electrons. The molecule has 0 amide bonds. The molecule has 4 aromatic rings. The molecule has 0 bridgehead atoms. The number of benzene rings is 3. The highest BCUT2D eigenvalue weighted by Gasteiger charge is 2.37. The monoisotopic (exact) mass is 509 g/mol. The maximum atomic E-state index is 6.34. The Hall–Kier alpha value is -3.25. The van der Waals surface area contributed by atoms with Gasteiger partial charge >= 0.3 is 0 Å². The Bertz CT molecular complexity index is 1190. The van der Waals surface area contributed by atoms with E-state index in [9.17, 15) is 0 Å². The van der Waals surface area contributed by atoms with Gasteiger partial charge in [-0.25, -0.2) is 4.98 Å². The summed E-state index contributed by atoms with van der Waals surface area (Å²) in [5.41, 5.74) is 5.51. The van der Waals surface area contributed by atoms with Crippen LogP contribution >= 0.6 is 0 Å². The SMILES string of the molecule is CCC1(CCCCN(C)Cc2ccccc2)COC(c2nc(-c3ccccc3)c(-c3ccccc3)[nH]2)OC1. The van der Waals surface area contributed by atoms with E-state index < -0.39 is 6.29 Å². The van der Waals surface area contributed by atoms with Gasteiger partial charge in [-0.05, 0) is 38.4 Å². The molecule has 3 aromatic carbocycles. The van der Waals surface area contributed by atoms with Crippen LogP contribution in [0.15, 0.2) is 91.0 Å². The molecule has 0 unspecified atom stereocenters. The highest BCUT2D eigenvalue weighted by atomic mass is 16.7. The molecule has 38 heavy (non-hydrogen) atoms. The second-order valence-electron chi connectivity index (χ2n) is 10.6. The minimum atomic E-state index is -0.480. The number of nitrogens with zero attached hydrogens (tertiary/aromatic N) is 2. The molecule has 1 N–H and O–H groups in total. The summed E-state index contributed by atoms with van der Waals surface area (Å²) in [4.78, 5) is 10.9. The van der Waals surface area contributed by atoms with Crippen LogP contribution < -0.4 is 0 Å². The van der Waals surface area contributed by atoms with Gasteiger partial charge in [0.05, 0.1) is 24.6 Å². The number of nitrogens with one attached hydrogen (secondary N) is 1. The third-order valence-corrected chi connectivity index (χ3v) is 7.68. The average Bonchev–Trinajstić information content (AvgIpc) is 3.43. The number of aromatic amines is 1. The zero-order valence-corrected chi connectivity index (χ0v) is 22.6. The van der Waals surface area contributed by atoms with Crippen LogP contribution in [0.2, 0.25) is 0 Å². The lowest BCUT2D eigenvalue weighted by molar-refractivity contribution is -0.239. The van der Waals surface area contributed by atoms with E-state index in [0.717, 1.165) is 54.3 Å². The first kappa shape index (κ1) is 26.4. The van der Waals surface area contributed by atoms with Crippen molar-refractivity contribution >= 4 is 0 Å². The summed E-state index contributed by atoms with van der Waals surface area (Å²) in [6, 6.07) is 31.3. The van der Waals surface area contributed by atoms with Crippen molar-refractivity contribution < 1.29 is 9.47 Å². The van der Waals surface area contributed by atoms with E-state index in [4.69, 9.17) is 14.5 Å². The van der Waals surface area contributed by atoms with E-state index in [0.29, 0.717) is 13.2 Å². The lowest BCUT2D eigenvalue weighted by atomic mass is 9.81. The summed E-state index contributed by atoms with van der Waals surface area (Å²) in [5, 5.41) is 0. The van der Waals surface area contributed by atoms with Crippen LogP contribution in [0.3, 0.4) is 0 Å². The van der Waals surface area contributed by atoms with E-state index in [2.05, 4.69) is 78.5 Å². The van der Waals surface area contributed by atoms with Crippen LogP contribution in [-0.4, -0.2) is 41.7 Å². The number of unbranched alkanes of at least 4 members (excludes halogenated alkanes) is 1. The molecule has 0 aliphatic carbocycles. The predicted octanol–water partition coefficient (Wildman–Crippen LogP) is 7.49. The van der Waals surface area contributed by atoms with Crippen molar-refractivity contribution in [1.82, 2.24) is 14.9 Å². The summed E-state index contributed by atoms with van der Waals surface area (Å²) in [6.45, 7) is 5.72. The van der Waals surface area contributed by atoms with Crippen molar-refractivity contribution in [2.75, 3.05) is 26.8 Å². The number of H-pyrrole nitrogens is 1. The smallest absolute Gasteiger partial charge is 0.217 e. The Morgan fingerprint density at radius 1 is 0.842 bits per heavy atom. The quantitative estimate of drug-likeness (QED) is 0.213. The average molecular weight is 510 g/mol. The molecule has 1 fully saturated rings. The van der Waals surface area contributed by atoms with Gasteiger partial charge < -0.3 is 19.4 Å². The number of rotatable bonds is 11. The van der Waals surface area contributed by atoms with Crippen LogP contribution in [0.25, 0.3) is 22.5 Å². The summed E-state index contributed by atoms with van der Waals surface area (Å²) in [6.07, 6.45) is 4.02. The van der Waals surface area contributed by atoms with Gasteiger partial charge in [-0.3, -0.25) is 0 Å². The van der Waals surface area contributed by atoms with Gasteiger partial charge in [-0.2, -0.15) is 0 Å². The van der Waals surface area contributed by atoms with Crippen LogP contribution in [0, 0.1) is 5.41 Å². The molecule has 0 saturated carbocycles. The molecule has 1 saturated heterocycles. The maximum Gasteiger partial charge on any atom is 0.217 e. The summed E-state index contributed by atoms with van der Waals surface area (Å²) in [5.74, 6) is 0.731. The molecular formula is C33H39N3O2. The van der Waals surface area contributed by atoms with Gasteiger partial charge in [-0.15, -0.1) is 0 Å². The predicted molar refractivity (Wildman–Crippen MR) is 153 cm³/mol. The van der Waals surface area contributed by atoms with Gasteiger partial charge in [0.1, 0.15) is 0 Å². The fourth-order valence-corrected chi connectivity index (χ4v) is 5.26. The highest BCUT2D eigenvalue weighted by molar-refractivity contribution is 5.78.